The number of hydrogen-bond acceptors (Lipinski definition) is 8. The average molecular weight is 972 g/mol. The van der Waals surface area contributed by atoms with Gasteiger partial charge in [-0.3, -0.25) is 0 Å². The maximum Gasteiger partial charge on any atom is 0.268 e. The summed E-state index contributed by atoms with van der Waals surface area (Å²) in [6.45, 7) is 7.21. The molecule has 0 unspecified atom stereocenters. The zero-order valence-electron chi connectivity index (χ0n) is 40.0. The van der Waals surface area contributed by atoms with E-state index in [1.165, 1.54) is 3.97 Å². The van der Waals surface area contributed by atoms with E-state index in [0.717, 1.165) is 38.0 Å². The highest BCUT2D eigenvalue weighted by Crippen LogP contribution is 2.41. The van der Waals surface area contributed by atoms with Crippen molar-refractivity contribution in [1.29, 1.82) is 0 Å². The predicted molar refractivity (Wildman–Crippen MR) is 278 cm³/mol. The lowest BCUT2D eigenvalue weighted by Gasteiger charge is -2.55. The Morgan fingerprint density at radius 3 is 1.56 bits per heavy atom. The molecule has 70 heavy (non-hydrogen) atoms. The van der Waals surface area contributed by atoms with Crippen molar-refractivity contribution in [3.05, 3.63) is 235 Å². The van der Waals surface area contributed by atoms with Crippen LogP contribution in [-0.2, 0) is 64.7 Å². The van der Waals surface area contributed by atoms with Gasteiger partial charge < -0.3 is 28.4 Å². The number of nitrogens with zero attached hydrogens (tertiary/aromatic N) is 1. The van der Waals surface area contributed by atoms with E-state index in [-0.39, 0.29) is 31.3 Å². The normalized spacial score (nSPS) is 19.7. The summed E-state index contributed by atoms with van der Waals surface area (Å²) in [7, 11) is -6.73. The molecular formula is C59H61NO8SSi. The molecule has 1 aromatic heterocycles. The van der Waals surface area contributed by atoms with Crippen LogP contribution in [0.1, 0.15) is 43.0 Å². The van der Waals surface area contributed by atoms with Crippen LogP contribution in [0.5, 0.6) is 0 Å². The first-order chi connectivity index (χ1) is 34.1. The van der Waals surface area contributed by atoms with E-state index in [9.17, 15) is 8.42 Å². The third-order valence-corrected chi connectivity index (χ3v) is 17.9. The molecule has 8 aromatic rings. The Kier molecular flexibility index (Phi) is 15.7. The summed E-state index contributed by atoms with van der Waals surface area (Å²) in [5, 5.41) is 2.97. The van der Waals surface area contributed by atoms with Crippen LogP contribution in [0.25, 0.3) is 10.9 Å². The summed E-state index contributed by atoms with van der Waals surface area (Å²) in [5.41, 5.74) is 2.37. The highest BCUT2D eigenvalue weighted by atomic mass is 32.2. The van der Waals surface area contributed by atoms with Crippen LogP contribution >= 0.6 is 0 Å². The van der Waals surface area contributed by atoms with Gasteiger partial charge in [0.2, 0.25) is 0 Å². The lowest BCUT2D eigenvalue weighted by Crippen LogP contribution is -2.77. The molecule has 0 bridgehead atoms. The Morgan fingerprint density at radius 1 is 0.571 bits per heavy atom. The molecule has 360 valence electrons. The quantitative estimate of drug-likeness (QED) is 0.0698. The highest BCUT2D eigenvalue weighted by molar-refractivity contribution is 7.90. The summed E-state index contributed by atoms with van der Waals surface area (Å²) in [6, 6.07) is 67.5. The fraction of sp³-hybridized carbons (Fsp3) is 0.254. The van der Waals surface area contributed by atoms with Crippen molar-refractivity contribution in [3.63, 3.8) is 0 Å². The molecule has 2 heterocycles. The Bertz CT molecular complexity index is 2940. The second-order valence-corrected chi connectivity index (χ2v) is 23.5. The number of fused-ring (bicyclic) bond motifs is 1. The summed E-state index contributed by atoms with van der Waals surface area (Å²) in [6.07, 6.45) is -0.940. The van der Waals surface area contributed by atoms with Crippen molar-refractivity contribution in [2.45, 2.75) is 87.3 Å². The molecule has 9 nitrogen and oxygen atoms in total. The van der Waals surface area contributed by atoms with E-state index in [0.29, 0.717) is 18.5 Å². The first-order valence-corrected chi connectivity index (χ1v) is 27.2. The van der Waals surface area contributed by atoms with Gasteiger partial charge in [0.25, 0.3) is 10.0 Å². The van der Waals surface area contributed by atoms with Crippen molar-refractivity contribution >= 4 is 40.1 Å². The summed E-state index contributed by atoms with van der Waals surface area (Å²) >= 11 is 0. The second-order valence-electron chi connectivity index (χ2n) is 18.7. The molecule has 0 saturated carbocycles. The number of aromatic nitrogens is 1. The van der Waals surface area contributed by atoms with Crippen LogP contribution in [0.2, 0.25) is 0 Å². The molecule has 0 aliphatic carbocycles. The zero-order chi connectivity index (χ0) is 48.4. The molecule has 7 aromatic carbocycles. The molecule has 9 rings (SSSR count). The highest BCUT2D eigenvalue weighted by Gasteiger charge is 2.62. The third kappa shape index (κ3) is 11.4. The maximum absolute atomic E-state index is 14.3. The number of benzene rings is 7. The van der Waals surface area contributed by atoms with Gasteiger partial charge in [0, 0.05) is 11.6 Å². The monoisotopic (exact) mass is 971 g/mol. The van der Waals surface area contributed by atoms with Crippen molar-refractivity contribution in [3.8, 4) is 0 Å². The topological polar surface area (TPSA) is 94.5 Å². The van der Waals surface area contributed by atoms with Gasteiger partial charge in [-0.1, -0.05) is 198 Å². The lowest BCUT2D eigenvalue weighted by molar-refractivity contribution is -0.352. The zero-order valence-corrected chi connectivity index (χ0v) is 41.9. The van der Waals surface area contributed by atoms with E-state index in [1.807, 2.05) is 118 Å². The van der Waals surface area contributed by atoms with Crippen LogP contribution in [0.3, 0.4) is 0 Å². The molecule has 0 spiro atoms. The molecule has 0 radical (unpaired) electrons. The molecule has 0 amide bonds. The van der Waals surface area contributed by atoms with Crippen molar-refractivity contribution < 1.29 is 36.8 Å². The minimum Gasteiger partial charge on any atom is -0.373 e. The average Bonchev–Trinajstić information content (AvgIpc) is 3.77. The first kappa shape index (κ1) is 49.0. The van der Waals surface area contributed by atoms with Gasteiger partial charge >= 0.3 is 0 Å². The smallest absolute Gasteiger partial charge is 0.268 e. The van der Waals surface area contributed by atoms with E-state index < -0.39 is 54.2 Å². The van der Waals surface area contributed by atoms with Gasteiger partial charge in [0.05, 0.1) is 49.0 Å². The van der Waals surface area contributed by atoms with E-state index in [2.05, 4.69) is 84.9 Å². The molecule has 11 heteroatoms. The Balaban J connectivity index is 1.22. The van der Waals surface area contributed by atoms with E-state index in [1.54, 1.807) is 30.5 Å². The summed E-state index contributed by atoms with van der Waals surface area (Å²) in [4.78, 5) is 0.209. The van der Waals surface area contributed by atoms with E-state index in [4.69, 9.17) is 28.4 Å². The fourth-order valence-electron chi connectivity index (χ4n) is 9.36. The summed E-state index contributed by atoms with van der Waals surface area (Å²) in [5.74, 6) is 0. The van der Waals surface area contributed by atoms with Gasteiger partial charge in [0.15, 0.2) is 14.2 Å². The van der Waals surface area contributed by atoms with Crippen LogP contribution < -0.4 is 10.4 Å². The molecule has 1 fully saturated rings. The van der Waals surface area contributed by atoms with Crippen molar-refractivity contribution in [2.24, 2.45) is 0 Å². The molecule has 1 aliphatic rings. The predicted octanol–water partition coefficient (Wildman–Crippen LogP) is 9.68. The molecule has 1 saturated heterocycles. The SMILES string of the molecule is CC(C)(C)OC[C@H]1O[C@@](OCCc2cn(S(=O)(=O)c3ccccc3)c3ccccc23)([SiH](c2ccccc2)c2ccccc2)[C@H](OCc2ccccc2)[C@@H](OCc2ccccc2)[C@@H]1OCc1ccccc1. The summed E-state index contributed by atoms with van der Waals surface area (Å²) < 4.78 is 74.0. The van der Waals surface area contributed by atoms with Gasteiger partial charge in [-0.2, -0.15) is 0 Å². The minimum absolute atomic E-state index is 0.140. The lowest BCUT2D eigenvalue weighted by atomic mass is 9.97. The van der Waals surface area contributed by atoms with Gasteiger partial charge in [0.1, 0.15) is 24.4 Å². The molecule has 1 aliphatic heterocycles. The van der Waals surface area contributed by atoms with Gasteiger partial charge in [-0.15, -0.1) is 0 Å². The molecule has 5 atom stereocenters. The minimum atomic E-state index is -3.93. The Labute approximate surface area is 414 Å². The third-order valence-electron chi connectivity index (χ3n) is 12.7. The second kappa shape index (κ2) is 22.4. The number of rotatable bonds is 20. The van der Waals surface area contributed by atoms with E-state index >= 15 is 0 Å². The van der Waals surface area contributed by atoms with Crippen molar-refractivity contribution in [1.82, 2.24) is 3.97 Å². The fourth-order valence-corrected chi connectivity index (χ4v) is 14.5. The molecule has 0 N–H and O–H groups in total. The largest absolute Gasteiger partial charge is 0.373 e. The van der Waals surface area contributed by atoms with Crippen LogP contribution in [0.15, 0.2) is 217 Å². The van der Waals surface area contributed by atoms with Crippen LogP contribution in [0.4, 0.5) is 0 Å². The number of hydrogen-bond donors (Lipinski definition) is 0. The van der Waals surface area contributed by atoms with Gasteiger partial charge in [-0.25, -0.2) is 12.4 Å². The maximum atomic E-state index is 14.3. The number of para-hydroxylation sites is 1. The van der Waals surface area contributed by atoms with Gasteiger partial charge in [-0.05, 0) is 67.6 Å². The first-order valence-electron chi connectivity index (χ1n) is 24.0. The Morgan fingerprint density at radius 2 is 1.03 bits per heavy atom. The van der Waals surface area contributed by atoms with Crippen LogP contribution in [0, 0.1) is 0 Å². The Hall–Kier alpha value is -5.99. The number of ether oxygens (including phenoxy) is 6. The van der Waals surface area contributed by atoms with Crippen LogP contribution in [-0.4, -0.2) is 69.8 Å². The van der Waals surface area contributed by atoms with Crippen molar-refractivity contribution in [2.75, 3.05) is 13.2 Å². The standard InChI is InChI=1S/C59H61NO8SSi/c1-58(2,3)67-44-54-55(63-41-45-24-10-4-11-25-45)56(64-42-46-26-12-5-13-27-46)57(65-43-47-28-14-6-15-29-47)59(68-54,70(50-32-18-8-19-33-50)51-34-20-9-21-35-51)66-39-38-48-40-60(53-37-23-22-36-52(48)53)69(61,62)49-30-16-7-17-31-49/h4-37,40,54-57,70H,38-39,41-44H2,1-3H3/t54-,55-,56+,57-,59-/m1/s1. The molecular weight excluding hydrogens is 911 g/mol.